The van der Waals surface area contributed by atoms with Crippen LogP contribution in [0.5, 0.6) is 5.75 Å². The maximum absolute atomic E-state index is 11.7. The van der Waals surface area contributed by atoms with Gasteiger partial charge >= 0.3 is 6.09 Å². The molecule has 0 saturated heterocycles. The first-order valence-corrected chi connectivity index (χ1v) is 9.93. The normalized spacial score (nSPS) is 10.0. The van der Waals surface area contributed by atoms with E-state index < -0.39 is 6.09 Å². The summed E-state index contributed by atoms with van der Waals surface area (Å²) in [5.41, 5.74) is 2.15. The number of amides is 2. The zero-order chi connectivity index (χ0) is 23.8. The number of nitrogens with zero attached hydrogens (tertiary/aromatic N) is 2. The highest BCUT2D eigenvalue weighted by Crippen LogP contribution is 2.32. The molecule has 0 radical (unpaired) electrons. The van der Waals surface area contributed by atoms with Gasteiger partial charge in [-0.3, -0.25) is 10.1 Å². The van der Waals surface area contributed by atoms with Gasteiger partial charge in [-0.25, -0.2) is 9.78 Å². The first-order chi connectivity index (χ1) is 15.9. The molecule has 0 atom stereocenters. The number of carbonyl (C=O) groups excluding carboxylic acids is 2. The van der Waals surface area contributed by atoms with Gasteiger partial charge in [-0.2, -0.15) is 4.98 Å². The Hall–Kier alpha value is -4.31. The van der Waals surface area contributed by atoms with Crippen LogP contribution in [0.4, 0.5) is 39.3 Å². The van der Waals surface area contributed by atoms with E-state index >= 15 is 0 Å². The lowest BCUT2D eigenvalue weighted by Crippen LogP contribution is -2.11. The number of hydrogen-bond donors (Lipinski definition) is 4. The van der Waals surface area contributed by atoms with Crippen LogP contribution in [0.1, 0.15) is 0 Å². The molecule has 2 aromatic carbocycles. The highest BCUT2D eigenvalue weighted by atomic mass is 35.5. The molecule has 11 heteroatoms. The molecule has 0 saturated carbocycles. The quantitative estimate of drug-likeness (QED) is 0.343. The van der Waals surface area contributed by atoms with Crippen LogP contribution in [0, 0.1) is 0 Å². The molecule has 10 nitrogen and oxygen atoms in total. The molecule has 0 spiro atoms. The third-order valence-electron chi connectivity index (χ3n) is 4.25. The van der Waals surface area contributed by atoms with Crippen LogP contribution in [0.25, 0.3) is 0 Å². The number of nitrogens with one attached hydrogen (secondary N) is 4. The lowest BCUT2D eigenvalue weighted by atomic mass is 10.2. The van der Waals surface area contributed by atoms with E-state index in [0.29, 0.717) is 34.3 Å². The van der Waals surface area contributed by atoms with Gasteiger partial charge in [0.1, 0.15) is 10.8 Å². The van der Waals surface area contributed by atoms with Gasteiger partial charge in [0, 0.05) is 11.8 Å². The van der Waals surface area contributed by atoms with E-state index in [4.69, 9.17) is 16.3 Å². The topological polar surface area (TPSA) is 127 Å². The third kappa shape index (κ3) is 6.11. The summed E-state index contributed by atoms with van der Waals surface area (Å²) < 4.78 is 9.97. The molecular weight excluding hydrogens is 448 g/mol. The number of benzene rings is 2. The standard InChI is InChI=1S/C22H21ClN6O4/c1-4-19(30)26-15-7-5-6-8-16(15)27-20-14(23)12-24-21(29-20)28-17-10-9-13(11-18(17)32-2)25-22(31)33-3/h4-12H,1H2,2-3H3,(H,25,31)(H,26,30)(H2,24,27,28,29). The van der Waals surface area contributed by atoms with E-state index in [-0.39, 0.29) is 16.9 Å². The smallest absolute Gasteiger partial charge is 0.411 e. The predicted octanol–water partition coefficient (Wildman–Crippen LogP) is 4.93. The SMILES string of the molecule is C=CC(=O)Nc1ccccc1Nc1nc(Nc2ccc(NC(=O)OC)cc2OC)ncc1Cl. The molecule has 0 aliphatic carbocycles. The molecule has 2 amide bonds. The average molecular weight is 469 g/mol. The first-order valence-electron chi connectivity index (χ1n) is 9.55. The van der Waals surface area contributed by atoms with Gasteiger partial charge in [-0.15, -0.1) is 0 Å². The maximum Gasteiger partial charge on any atom is 0.411 e. The van der Waals surface area contributed by atoms with Crippen LogP contribution in [0.3, 0.4) is 0 Å². The van der Waals surface area contributed by atoms with E-state index in [0.717, 1.165) is 0 Å². The maximum atomic E-state index is 11.7. The Kier molecular flexibility index (Phi) is 7.66. The second kappa shape index (κ2) is 10.8. The Labute approximate surface area is 195 Å². The van der Waals surface area contributed by atoms with Crippen molar-refractivity contribution in [2.75, 3.05) is 35.5 Å². The van der Waals surface area contributed by atoms with Crippen molar-refractivity contribution >= 4 is 58.1 Å². The van der Waals surface area contributed by atoms with Crippen molar-refractivity contribution in [2.45, 2.75) is 0 Å². The van der Waals surface area contributed by atoms with Crippen molar-refractivity contribution in [1.29, 1.82) is 0 Å². The molecule has 0 aliphatic rings. The monoisotopic (exact) mass is 468 g/mol. The van der Waals surface area contributed by atoms with Crippen LogP contribution >= 0.6 is 11.6 Å². The zero-order valence-corrected chi connectivity index (χ0v) is 18.6. The molecule has 1 aromatic heterocycles. The number of hydrogen-bond acceptors (Lipinski definition) is 8. The fourth-order valence-corrected chi connectivity index (χ4v) is 2.83. The van der Waals surface area contributed by atoms with Gasteiger partial charge < -0.3 is 25.4 Å². The molecule has 0 aliphatic heterocycles. The Morgan fingerprint density at radius 1 is 1.03 bits per heavy atom. The van der Waals surface area contributed by atoms with Crippen LogP contribution in [-0.2, 0) is 9.53 Å². The van der Waals surface area contributed by atoms with E-state index in [1.807, 2.05) is 0 Å². The van der Waals surface area contributed by atoms with Crippen molar-refractivity contribution in [1.82, 2.24) is 9.97 Å². The molecule has 3 aromatic rings. The Morgan fingerprint density at radius 2 is 1.79 bits per heavy atom. The minimum atomic E-state index is -0.598. The van der Waals surface area contributed by atoms with E-state index in [9.17, 15) is 9.59 Å². The van der Waals surface area contributed by atoms with Crippen molar-refractivity contribution in [3.05, 3.63) is 66.3 Å². The number of ether oxygens (including phenoxy) is 2. The van der Waals surface area contributed by atoms with Crippen LogP contribution in [0.15, 0.2) is 61.3 Å². The summed E-state index contributed by atoms with van der Waals surface area (Å²) in [5, 5.41) is 11.7. The molecular formula is C22H21ClN6O4. The predicted molar refractivity (Wildman–Crippen MR) is 128 cm³/mol. The van der Waals surface area contributed by atoms with Gasteiger partial charge in [0.2, 0.25) is 11.9 Å². The highest BCUT2D eigenvalue weighted by molar-refractivity contribution is 6.33. The molecule has 1 heterocycles. The third-order valence-corrected chi connectivity index (χ3v) is 4.52. The minimum Gasteiger partial charge on any atom is -0.494 e. The average Bonchev–Trinajstić information content (AvgIpc) is 2.83. The Bertz CT molecular complexity index is 1190. The summed E-state index contributed by atoms with van der Waals surface area (Å²) in [4.78, 5) is 31.7. The fraction of sp³-hybridized carbons (Fsp3) is 0.0909. The number of carbonyl (C=O) groups is 2. The molecule has 3 rings (SSSR count). The second-order valence-electron chi connectivity index (χ2n) is 6.41. The van der Waals surface area contributed by atoms with E-state index in [2.05, 4.69) is 42.6 Å². The van der Waals surface area contributed by atoms with Crippen molar-refractivity contribution in [2.24, 2.45) is 0 Å². The van der Waals surface area contributed by atoms with Crippen LogP contribution in [0.2, 0.25) is 5.02 Å². The number of para-hydroxylation sites is 2. The minimum absolute atomic E-state index is 0.237. The summed E-state index contributed by atoms with van der Waals surface area (Å²) >= 11 is 6.28. The molecule has 33 heavy (non-hydrogen) atoms. The molecule has 0 unspecified atom stereocenters. The zero-order valence-electron chi connectivity index (χ0n) is 17.8. The van der Waals surface area contributed by atoms with Crippen molar-refractivity contribution < 1.29 is 19.1 Å². The number of halogens is 1. The van der Waals surface area contributed by atoms with Crippen LogP contribution < -0.4 is 26.0 Å². The van der Waals surface area contributed by atoms with E-state index in [1.165, 1.54) is 26.5 Å². The van der Waals surface area contributed by atoms with Gasteiger partial charge in [-0.05, 0) is 30.3 Å². The van der Waals surface area contributed by atoms with Gasteiger partial charge in [0.25, 0.3) is 0 Å². The molecule has 0 bridgehead atoms. The molecule has 0 fully saturated rings. The van der Waals surface area contributed by atoms with Gasteiger partial charge in [-0.1, -0.05) is 30.3 Å². The summed E-state index contributed by atoms with van der Waals surface area (Å²) in [7, 11) is 2.77. The number of methoxy groups -OCH3 is 2. The van der Waals surface area contributed by atoms with Gasteiger partial charge in [0.15, 0.2) is 5.82 Å². The lowest BCUT2D eigenvalue weighted by molar-refractivity contribution is -0.111. The number of rotatable bonds is 8. The van der Waals surface area contributed by atoms with Crippen molar-refractivity contribution in [3.63, 3.8) is 0 Å². The Balaban J connectivity index is 1.84. The number of aromatic nitrogens is 2. The van der Waals surface area contributed by atoms with Crippen molar-refractivity contribution in [3.8, 4) is 5.75 Å². The largest absolute Gasteiger partial charge is 0.494 e. The van der Waals surface area contributed by atoms with Gasteiger partial charge in [0.05, 0.1) is 37.5 Å². The summed E-state index contributed by atoms with van der Waals surface area (Å²) in [6.45, 7) is 3.45. The second-order valence-corrected chi connectivity index (χ2v) is 6.82. The highest BCUT2D eigenvalue weighted by Gasteiger charge is 2.12. The molecule has 4 N–H and O–H groups in total. The van der Waals surface area contributed by atoms with E-state index in [1.54, 1.807) is 42.5 Å². The first kappa shape index (κ1) is 23.4. The lowest BCUT2D eigenvalue weighted by Gasteiger charge is -2.15. The number of anilines is 6. The summed E-state index contributed by atoms with van der Waals surface area (Å²) in [6.07, 6.45) is 2.01. The summed E-state index contributed by atoms with van der Waals surface area (Å²) in [6, 6.07) is 12.0. The summed E-state index contributed by atoms with van der Waals surface area (Å²) in [5.74, 6) is 0.644. The fourth-order valence-electron chi connectivity index (χ4n) is 2.69. The Morgan fingerprint density at radius 3 is 2.48 bits per heavy atom. The van der Waals surface area contributed by atoms with Crippen LogP contribution in [-0.4, -0.2) is 36.2 Å². The molecule has 170 valence electrons.